The van der Waals surface area contributed by atoms with Crippen LogP contribution in [0, 0.1) is 5.92 Å². The van der Waals surface area contributed by atoms with Gasteiger partial charge in [-0.15, -0.1) is 6.58 Å². The van der Waals surface area contributed by atoms with Crippen LogP contribution >= 0.6 is 12.2 Å². The molecule has 3 rings (SSSR count). The molecule has 0 spiro atoms. The van der Waals surface area contributed by atoms with Gasteiger partial charge < -0.3 is 15.2 Å². The van der Waals surface area contributed by atoms with E-state index in [1.54, 1.807) is 11.0 Å². The Kier molecular flexibility index (Phi) is 6.69. The average Bonchev–Trinajstić information content (AvgIpc) is 3.25. The fraction of sp³-hybridized carbons (Fsp3) is 0.409. The van der Waals surface area contributed by atoms with E-state index in [1.807, 2.05) is 35.4 Å². The number of carbonyl (C=O) groups is 2. The van der Waals surface area contributed by atoms with Crippen molar-refractivity contribution >= 4 is 45.7 Å². The molecule has 0 saturated carbocycles. The maximum Gasteiger partial charge on any atom is 0.252 e. The third-order valence-corrected chi connectivity index (χ3v) is 5.84. The van der Waals surface area contributed by atoms with Crippen LogP contribution in [0.3, 0.4) is 0 Å². The number of nitrogens with one attached hydrogen (secondary N) is 2. The first-order valence-corrected chi connectivity index (χ1v) is 10.4. The Morgan fingerprint density at radius 3 is 2.93 bits per heavy atom. The van der Waals surface area contributed by atoms with E-state index >= 15 is 0 Å². The molecule has 2 aromatic rings. The average molecular weight is 413 g/mol. The van der Waals surface area contributed by atoms with Gasteiger partial charge in [0.1, 0.15) is 6.04 Å². The van der Waals surface area contributed by atoms with Crippen molar-refractivity contribution < 1.29 is 9.59 Å². The molecule has 2 atom stereocenters. The summed E-state index contributed by atoms with van der Waals surface area (Å²) in [7, 11) is 0. The lowest BCUT2D eigenvalue weighted by atomic mass is 10.1. The van der Waals surface area contributed by atoms with Crippen molar-refractivity contribution in [1.29, 1.82) is 0 Å². The molecule has 2 amide bonds. The fourth-order valence-electron chi connectivity index (χ4n) is 3.50. The van der Waals surface area contributed by atoms with E-state index in [1.165, 1.54) is 0 Å². The number of hydrogen-bond donors (Lipinski definition) is 2. The predicted molar refractivity (Wildman–Crippen MR) is 121 cm³/mol. The molecule has 2 N–H and O–H groups in total. The number of thiocarbonyl (C=S) groups is 1. The first-order chi connectivity index (χ1) is 13.9. The van der Waals surface area contributed by atoms with Gasteiger partial charge in [0.2, 0.25) is 5.91 Å². The lowest BCUT2D eigenvalue weighted by Gasteiger charge is -2.26. The van der Waals surface area contributed by atoms with Crippen LogP contribution < -0.4 is 5.32 Å². The highest BCUT2D eigenvalue weighted by Crippen LogP contribution is 2.24. The second-order valence-electron chi connectivity index (χ2n) is 7.56. The molecule has 1 aromatic carbocycles. The number of rotatable bonds is 9. The Balaban J connectivity index is 1.73. The third-order valence-electron chi connectivity index (χ3n) is 5.38. The number of amides is 2. The zero-order valence-corrected chi connectivity index (χ0v) is 17.8. The predicted octanol–water partition coefficient (Wildman–Crippen LogP) is 3.92. The van der Waals surface area contributed by atoms with Crippen LogP contribution in [0.15, 0.2) is 43.1 Å². The van der Waals surface area contributed by atoms with E-state index in [0.717, 1.165) is 17.3 Å². The lowest BCUT2D eigenvalue weighted by molar-refractivity contribution is -0.130. The minimum absolute atomic E-state index is 0.0722. The summed E-state index contributed by atoms with van der Waals surface area (Å²) in [4.78, 5) is 32.4. The van der Waals surface area contributed by atoms with Gasteiger partial charge in [-0.2, -0.15) is 0 Å². The molecule has 0 radical (unpaired) electrons. The number of fused-ring (bicyclic) bond motifs is 1. The van der Waals surface area contributed by atoms with Crippen LogP contribution in [0.1, 0.15) is 33.1 Å². The van der Waals surface area contributed by atoms with E-state index in [-0.39, 0.29) is 18.2 Å². The Morgan fingerprint density at radius 1 is 1.41 bits per heavy atom. The Bertz CT molecular complexity index is 922. The van der Waals surface area contributed by atoms with E-state index in [9.17, 15) is 9.59 Å². The zero-order valence-electron chi connectivity index (χ0n) is 17.0. The first-order valence-electron chi connectivity index (χ1n) is 10.0. The van der Waals surface area contributed by atoms with Crippen molar-refractivity contribution in [2.45, 2.75) is 39.2 Å². The molecule has 0 aliphatic carbocycles. The van der Waals surface area contributed by atoms with Crippen LogP contribution in [-0.4, -0.2) is 50.8 Å². The maximum atomic E-state index is 13.0. The van der Waals surface area contributed by atoms with Crippen LogP contribution in [0.5, 0.6) is 0 Å². The van der Waals surface area contributed by atoms with E-state index in [0.29, 0.717) is 36.2 Å². The molecule has 1 aromatic heterocycles. The summed E-state index contributed by atoms with van der Waals surface area (Å²) in [6, 6.07) is 7.12. The second-order valence-corrected chi connectivity index (χ2v) is 7.93. The van der Waals surface area contributed by atoms with Crippen molar-refractivity contribution in [2.24, 2.45) is 5.92 Å². The summed E-state index contributed by atoms with van der Waals surface area (Å²) < 4.78 is 0. The number of anilines is 1. The fourth-order valence-corrected chi connectivity index (χ4v) is 3.89. The third kappa shape index (κ3) is 4.67. The molecular formula is C22H28N4O2S. The summed E-state index contributed by atoms with van der Waals surface area (Å²) in [6.45, 7) is 9.13. The minimum Gasteiger partial charge on any atom is -0.361 e. The Labute approximate surface area is 176 Å². The van der Waals surface area contributed by atoms with Gasteiger partial charge in [0.15, 0.2) is 5.11 Å². The minimum atomic E-state index is -0.560. The SMILES string of the molecule is C=CCCN1C(=O)C(CC(=O)Nc2ccc3cc[nH]c3c2)N(CC(C)CC)C1=S. The molecule has 1 aliphatic rings. The molecule has 1 fully saturated rings. The summed E-state index contributed by atoms with van der Waals surface area (Å²) in [5.74, 6) is 0.0767. The zero-order chi connectivity index (χ0) is 21.0. The lowest BCUT2D eigenvalue weighted by Crippen LogP contribution is -2.40. The van der Waals surface area contributed by atoms with Crippen LogP contribution in [0.4, 0.5) is 5.69 Å². The highest BCUT2D eigenvalue weighted by Gasteiger charge is 2.43. The summed E-state index contributed by atoms with van der Waals surface area (Å²) >= 11 is 5.58. The van der Waals surface area contributed by atoms with Crippen molar-refractivity contribution in [2.75, 3.05) is 18.4 Å². The van der Waals surface area contributed by atoms with Crippen molar-refractivity contribution in [1.82, 2.24) is 14.8 Å². The first kappa shape index (κ1) is 21.0. The Hall–Kier alpha value is -2.67. The highest BCUT2D eigenvalue weighted by molar-refractivity contribution is 7.80. The molecule has 1 saturated heterocycles. The standard InChI is InChI=1S/C22H28N4O2S/c1-4-6-11-25-21(28)19(26(22(25)29)14-15(3)5-2)13-20(27)24-17-8-7-16-9-10-23-18(16)12-17/h4,7-10,12,15,19,23H,1,5-6,11,13-14H2,2-3H3,(H,24,27). The van der Waals surface area contributed by atoms with Crippen LogP contribution in [0.25, 0.3) is 10.9 Å². The Morgan fingerprint density at radius 2 is 2.21 bits per heavy atom. The molecule has 0 bridgehead atoms. The van der Waals surface area contributed by atoms with E-state index in [2.05, 4.69) is 30.7 Å². The quantitative estimate of drug-likeness (QED) is 0.484. The number of benzene rings is 1. The molecule has 1 aliphatic heterocycles. The normalized spacial score (nSPS) is 17.8. The highest BCUT2D eigenvalue weighted by atomic mass is 32.1. The molecule has 29 heavy (non-hydrogen) atoms. The summed E-state index contributed by atoms with van der Waals surface area (Å²) in [5, 5.41) is 4.51. The molecule has 2 unspecified atom stereocenters. The van der Waals surface area contributed by atoms with Gasteiger partial charge in [-0.1, -0.05) is 32.4 Å². The number of nitrogens with zero attached hydrogens (tertiary/aromatic N) is 2. The van der Waals surface area contributed by atoms with Gasteiger partial charge >= 0.3 is 0 Å². The van der Waals surface area contributed by atoms with Gasteiger partial charge in [-0.05, 0) is 48.1 Å². The number of aromatic nitrogens is 1. The van der Waals surface area contributed by atoms with Crippen LogP contribution in [0.2, 0.25) is 0 Å². The van der Waals surface area contributed by atoms with Gasteiger partial charge in [-0.3, -0.25) is 14.5 Å². The summed E-state index contributed by atoms with van der Waals surface area (Å²) in [6.07, 6.45) is 5.35. The summed E-state index contributed by atoms with van der Waals surface area (Å²) in [5.41, 5.74) is 1.66. The molecule has 2 heterocycles. The second kappa shape index (κ2) is 9.22. The van der Waals surface area contributed by atoms with Crippen molar-refractivity contribution in [3.05, 3.63) is 43.1 Å². The monoisotopic (exact) mass is 412 g/mol. The molecule has 6 nitrogen and oxygen atoms in total. The molecule has 154 valence electrons. The van der Waals surface area contributed by atoms with E-state index < -0.39 is 6.04 Å². The van der Waals surface area contributed by atoms with Crippen molar-refractivity contribution in [3.63, 3.8) is 0 Å². The van der Waals surface area contributed by atoms with Gasteiger partial charge in [0, 0.05) is 30.5 Å². The number of carbonyl (C=O) groups excluding carboxylic acids is 2. The number of H-pyrrole nitrogens is 1. The van der Waals surface area contributed by atoms with Crippen molar-refractivity contribution in [3.8, 4) is 0 Å². The molecular weight excluding hydrogens is 384 g/mol. The topological polar surface area (TPSA) is 68.4 Å². The van der Waals surface area contributed by atoms with Gasteiger partial charge in [0.25, 0.3) is 5.91 Å². The van der Waals surface area contributed by atoms with Crippen LogP contribution in [-0.2, 0) is 9.59 Å². The number of aromatic amines is 1. The maximum absolute atomic E-state index is 13.0. The van der Waals surface area contributed by atoms with Gasteiger partial charge in [0.05, 0.1) is 6.42 Å². The van der Waals surface area contributed by atoms with Gasteiger partial charge in [-0.25, -0.2) is 0 Å². The smallest absolute Gasteiger partial charge is 0.252 e. The van der Waals surface area contributed by atoms with E-state index in [4.69, 9.17) is 12.2 Å². The number of hydrogen-bond acceptors (Lipinski definition) is 3. The molecule has 7 heteroatoms. The largest absolute Gasteiger partial charge is 0.361 e.